The van der Waals surface area contributed by atoms with Crippen molar-refractivity contribution in [2.24, 2.45) is 5.73 Å². The Labute approximate surface area is 113 Å². The zero-order valence-corrected chi connectivity index (χ0v) is 11.1. The molecule has 2 rings (SSSR count). The number of esters is 1. The molecule has 2 N–H and O–H groups in total. The molecule has 0 aromatic heterocycles. The molecule has 0 saturated carbocycles. The Balaban J connectivity index is 1.73. The molecule has 4 heteroatoms. The number of carbonyl (C=O) groups is 1. The molecule has 0 amide bonds. The summed E-state index contributed by atoms with van der Waals surface area (Å²) in [6.45, 7) is 1.08. The average Bonchev–Trinajstić information content (AvgIpc) is 2.47. The lowest BCUT2D eigenvalue weighted by molar-refractivity contribution is -0.150. The third-order valence-electron chi connectivity index (χ3n) is 3.29. The predicted octanol–water partition coefficient (Wildman–Crippen LogP) is 1.67. The van der Waals surface area contributed by atoms with Crippen molar-refractivity contribution in [1.82, 2.24) is 0 Å². The van der Waals surface area contributed by atoms with Crippen LogP contribution in [-0.2, 0) is 20.7 Å². The van der Waals surface area contributed by atoms with Crippen LogP contribution in [0.2, 0.25) is 0 Å². The molecule has 4 nitrogen and oxygen atoms in total. The first-order valence-electron chi connectivity index (χ1n) is 6.83. The van der Waals surface area contributed by atoms with Crippen LogP contribution in [0.1, 0.15) is 24.8 Å². The fourth-order valence-corrected chi connectivity index (χ4v) is 2.17. The van der Waals surface area contributed by atoms with Crippen LogP contribution in [0.5, 0.6) is 0 Å². The molecule has 0 aliphatic carbocycles. The van der Waals surface area contributed by atoms with Crippen molar-refractivity contribution in [3.63, 3.8) is 0 Å². The highest BCUT2D eigenvalue weighted by Gasteiger charge is 2.19. The fraction of sp³-hybridized carbons (Fsp3) is 0.533. The Bertz CT molecular complexity index is 388. The summed E-state index contributed by atoms with van der Waals surface area (Å²) in [5.74, 6) is -0.349. The lowest BCUT2D eigenvalue weighted by Gasteiger charge is -2.22. The van der Waals surface area contributed by atoms with E-state index in [2.05, 4.69) is 0 Å². The van der Waals surface area contributed by atoms with Crippen molar-refractivity contribution in [1.29, 1.82) is 0 Å². The molecular formula is C15H21NO3. The molecule has 1 aliphatic heterocycles. The normalized spacial score (nSPS) is 20.8. The molecule has 0 bridgehead atoms. The Hall–Kier alpha value is -1.39. The van der Waals surface area contributed by atoms with Gasteiger partial charge in [0, 0.05) is 6.61 Å². The zero-order valence-electron chi connectivity index (χ0n) is 11.1. The summed E-state index contributed by atoms with van der Waals surface area (Å²) in [5, 5.41) is 0. The first kappa shape index (κ1) is 14.0. The Morgan fingerprint density at radius 1 is 1.37 bits per heavy atom. The number of rotatable bonds is 5. The molecule has 1 aromatic rings. The summed E-state index contributed by atoms with van der Waals surface area (Å²) in [5.41, 5.74) is 6.89. The monoisotopic (exact) mass is 263 g/mol. The van der Waals surface area contributed by atoms with E-state index in [1.54, 1.807) is 0 Å². The molecule has 19 heavy (non-hydrogen) atoms. The van der Waals surface area contributed by atoms with Crippen LogP contribution in [0.3, 0.4) is 0 Å². The summed E-state index contributed by atoms with van der Waals surface area (Å²) >= 11 is 0. The van der Waals surface area contributed by atoms with Crippen LogP contribution in [0.25, 0.3) is 0 Å². The largest absolute Gasteiger partial charge is 0.462 e. The SMILES string of the molecule is NC(Cc1ccccc1)C(=O)OCC1CCCCO1. The van der Waals surface area contributed by atoms with Crippen molar-refractivity contribution in [3.05, 3.63) is 35.9 Å². The standard InChI is InChI=1S/C15H21NO3/c16-14(10-12-6-2-1-3-7-12)15(17)19-11-13-8-4-5-9-18-13/h1-3,6-7,13-14H,4-5,8-11,16H2. The molecule has 1 aromatic carbocycles. The van der Waals surface area contributed by atoms with Gasteiger partial charge in [0.05, 0.1) is 6.10 Å². The van der Waals surface area contributed by atoms with E-state index in [4.69, 9.17) is 15.2 Å². The van der Waals surface area contributed by atoms with Crippen molar-refractivity contribution in [2.75, 3.05) is 13.2 Å². The molecule has 0 spiro atoms. The van der Waals surface area contributed by atoms with Crippen LogP contribution in [0, 0.1) is 0 Å². The van der Waals surface area contributed by atoms with Crippen molar-refractivity contribution < 1.29 is 14.3 Å². The number of hydrogen-bond donors (Lipinski definition) is 1. The third kappa shape index (κ3) is 4.65. The van der Waals surface area contributed by atoms with E-state index in [-0.39, 0.29) is 12.1 Å². The highest BCUT2D eigenvalue weighted by atomic mass is 16.6. The van der Waals surface area contributed by atoms with Gasteiger partial charge in [0.25, 0.3) is 0 Å². The number of benzene rings is 1. The minimum absolute atomic E-state index is 0.0432. The number of hydrogen-bond acceptors (Lipinski definition) is 4. The van der Waals surface area contributed by atoms with E-state index in [1.165, 1.54) is 0 Å². The molecular weight excluding hydrogens is 242 g/mol. The number of carbonyl (C=O) groups excluding carboxylic acids is 1. The summed E-state index contributed by atoms with van der Waals surface area (Å²) in [6.07, 6.45) is 3.74. The van der Waals surface area contributed by atoms with Crippen LogP contribution >= 0.6 is 0 Å². The molecule has 1 fully saturated rings. The maximum Gasteiger partial charge on any atom is 0.323 e. The maximum absolute atomic E-state index is 11.8. The molecule has 1 heterocycles. The second-order valence-electron chi connectivity index (χ2n) is 4.91. The summed E-state index contributed by atoms with van der Waals surface area (Å²) in [7, 11) is 0. The van der Waals surface area contributed by atoms with E-state index in [1.807, 2.05) is 30.3 Å². The Morgan fingerprint density at radius 3 is 2.84 bits per heavy atom. The lowest BCUT2D eigenvalue weighted by Crippen LogP contribution is -2.36. The van der Waals surface area contributed by atoms with Crippen molar-refractivity contribution in [3.8, 4) is 0 Å². The van der Waals surface area contributed by atoms with E-state index in [0.29, 0.717) is 13.0 Å². The number of ether oxygens (including phenoxy) is 2. The van der Waals surface area contributed by atoms with Gasteiger partial charge in [-0.25, -0.2) is 0 Å². The quantitative estimate of drug-likeness (QED) is 0.821. The minimum atomic E-state index is -0.606. The average molecular weight is 263 g/mol. The van der Waals surface area contributed by atoms with E-state index >= 15 is 0 Å². The Kier molecular flexibility index (Phi) is 5.36. The topological polar surface area (TPSA) is 61.6 Å². The van der Waals surface area contributed by atoms with Crippen LogP contribution in [-0.4, -0.2) is 31.3 Å². The van der Waals surface area contributed by atoms with Gasteiger partial charge >= 0.3 is 5.97 Å². The summed E-state index contributed by atoms with van der Waals surface area (Å²) in [4.78, 5) is 11.8. The predicted molar refractivity (Wildman–Crippen MR) is 72.7 cm³/mol. The fourth-order valence-electron chi connectivity index (χ4n) is 2.17. The van der Waals surface area contributed by atoms with Gasteiger partial charge < -0.3 is 15.2 Å². The summed E-state index contributed by atoms with van der Waals surface area (Å²) < 4.78 is 10.7. The minimum Gasteiger partial charge on any atom is -0.462 e. The second-order valence-corrected chi connectivity index (χ2v) is 4.91. The molecule has 2 atom stereocenters. The van der Waals surface area contributed by atoms with Gasteiger partial charge in [0.1, 0.15) is 12.6 Å². The van der Waals surface area contributed by atoms with Gasteiger partial charge in [-0.2, -0.15) is 0 Å². The smallest absolute Gasteiger partial charge is 0.323 e. The third-order valence-corrected chi connectivity index (χ3v) is 3.29. The lowest BCUT2D eigenvalue weighted by atomic mass is 10.1. The van der Waals surface area contributed by atoms with Crippen molar-refractivity contribution in [2.45, 2.75) is 37.8 Å². The second kappa shape index (κ2) is 7.26. The van der Waals surface area contributed by atoms with Crippen molar-refractivity contribution >= 4 is 5.97 Å². The first-order chi connectivity index (χ1) is 9.25. The van der Waals surface area contributed by atoms with Gasteiger partial charge in [-0.05, 0) is 31.2 Å². The van der Waals surface area contributed by atoms with Gasteiger partial charge in [0.2, 0.25) is 0 Å². The zero-order chi connectivity index (χ0) is 13.5. The molecule has 104 valence electrons. The molecule has 1 saturated heterocycles. The highest BCUT2D eigenvalue weighted by Crippen LogP contribution is 2.13. The number of nitrogens with two attached hydrogens (primary N) is 1. The van der Waals surface area contributed by atoms with Gasteiger partial charge in [-0.15, -0.1) is 0 Å². The highest BCUT2D eigenvalue weighted by molar-refractivity contribution is 5.75. The van der Waals surface area contributed by atoms with Crippen LogP contribution < -0.4 is 5.73 Å². The first-order valence-corrected chi connectivity index (χ1v) is 6.83. The van der Waals surface area contributed by atoms with Gasteiger partial charge in [-0.1, -0.05) is 30.3 Å². The van der Waals surface area contributed by atoms with Gasteiger partial charge in [0.15, 0.2) is 0 Å². The van der Waals surface area contributed by atoms with Crippen LogP contribution in [0.4, 0.5) is 0 Å². The van der Waals surface area contributed by atoms with E-state index in [0.717, 1.165) is 31.4 Å². The van der Waals surface area contributed by atoms with Crippen LogP contribution in [0.15, 0.2) is 30.3 Å². The summed E-state index contributed by atoms with van der Waals surface area (Å²) in [6, 6.07) is 9.11. The van der Waals surface area contributed by atoms with Gasteiger partial charge in [-0.3, -0.25) is 4.79 Å². The van der Waals surface area contributed by atoms with E-state index in [9.17, 15) is 4.79 Å². The molecule has 2 unspecified atom stereocenters. The maximum atomic E-state index is 11.8. The molecule has 0 radical (unpaired) electrons. The Morgan fingerprint density at radius 2 is 2.16 bits per heavy atom. The van der Waals surface area contributed by atoms with E-state index < -0.39 is 6.04 Å². The molecule has 1 aliphatic rings.